The van der Waals surface area contributed by atoms with Crippen LogP contribution in [-0.2, 0) is 9.59 Å². The van der Waals surface area contributed by atoms with E-state index in [1.54, 1.807) is 75.5 Å². The first-order valence-electron chi connectivity index (χ1n) is 8.99. The van der Waals surface area contributed by atoms with Gasteiger partial charge in [0.1, 0.15) is 17.2 Å². The van der Waals surface area contributed by atoms with Crippen LogP contribution < -0.4 is 19.1 Å². The molecule has 2 aromatic carbocycles. The molecule has 0 saturated heterocycles. The second-order valence-electron chi connectivity index (χ2n) is 6.69. The topological polar surface area (TPSA) is 68.3 Å². The molecule has 1 aliphatic heterocycles. The fraction of sp³-hybridized carbons (Fsp3) is 0.333. The lowest BCUT2D eigenvalue weighted by atomic mass is 10.1. The Bertz CT molecular complexity index is 850. The first-order valence-corrected chi connectivity index (χ1v) is 8.99. The van der Waals surface area contributed by atoms with E-state index in [1.807, 2.05) is 6.07 Å². The molecule has 7 heteroatoms. The zero-order chi connectivity index (χ0) is 20.3. The number of hydrogen-bond donors (Lipinski definition) is 0. The largest absolute Gasteiger partial charge is 0.497 e. The standard InChI is InChI=1S/C21H24N2O5/c1-14(27-16-11-9-15(26-4)10-12-16)20(24)23-13-19(21(25)22(2)3)28-18-8-6-5-7-17(18)23/h5-12,14,19H,13H2,1-4H3/t14-,19-/m0/s1. The molecule has 0 aliphatic carbocycles. The van der Waals surface area contributed by atoms with Crippen LogP contribution in [-0.4, -0.2) is 56.7 Å². The molecule has 0 radical (unpaired) electrons. The lowest BCUT2D eigenvalue weighted by molar-refractivity contribution is -0.136. The summed E-state index contributed by atoms with van der Waals surface area (Å²) in [5.41, 5.74) is 0.625. The van der Waals surface area contributed by atoms with Crippen molar-refractivity contribution in [2.75, 3.05) is 32.6 Å². The van der Waals surface area contributed by atoms with Crippen LogP contribution in [0.2, 0.25) is 0 Å². The third-order valence-electron chi connectivity index (χ3n) is 4.48. The van der Waals surface area contributed by atoms with Crippen molar-refractivity contribution in [3.8, 4) is 17.2 Å². The van der Waals surface area contributed by atoms with Crippen molar-refractivity contribution in [2.24, 2.45) is 0 Å². The summed E-state index contributed by atoms with van der Waals surface area (Å²) in [6.45, 7) is 1.82. The van der Waals surface area contributed by atoms with Crippen molar-refractivity contribution >= 4 is 17.5 Å². The van der Waals surface area contributed by atoms with E-state index in [2.05, 4.69) is 0 Å². The summed E-state index contributed by atoms with van der Waals surface area (Å²) in [5.74, 6) is 1.32. The number of hydrogen-bond acceptors (Lipinski definition) is 5. The van der Waals surface area contributed by atoms with Crippen LogP contribution >= 0.6 is 0 Å². The number of likely N-dealkylation sites (N-methyl/N-ethyl adjacent to an activating group) is 1. The number of benzene rings is 2. The zero-order valence-corrected chi connectivity index (χ0v) is 16.4. The van der Waals surface area contributed by atoms with Gasteiger partial charge in [0, 0.05) is 14.1 Å². The van der Waals surface area contributed by atoms with Gasteiger partial charge in [0.05, 0.1) is 19.3 Å². The van der Waals surface area contributed by atoms with Gasteiger partial charge < -0.3 is 24.0 Å². The highest BCUT2D eigenvalue weighted by molar-refractivity contribution is 5.99. The second-order valence-corrected chi connectivity index (χ2v) is 6.69. The summed E-state index contributed by atoms with van der Waals surface area (Å²) in [4.78, 5) is 28.6. The van der Waals surface area contributed by atoms with E-state index in [-0.39, 0.29) is 18.4 Å². The molecule has 0 aromatic heterocycles. The SMILES string of the molecule is COc1ccc(O[C@@H](C)C(=O)N2C[C@@H](C(=O)N(C)C)Oc3ccccc32)cc1. The lowest BCUT2D eigenvalue weighted by Crippen LogP contribution is -2.52. The lowest BCUT2D eigenvalue weighted by Gasteiger charge is -2.36. The summed E-state index contributed by atoms with van der Waals surface area (Å²) in [5, 5.41) is 0. The molecule has 0 bridgehead atoms. The molecule has 2 amide bonds. The third-order valence-corrected chi connectivity index (χ3v) is 4.48. The fourth-order valence-corrected chi connectivity index (χ4v) is 2.99. The molecule has 7 nitrogen and oxygen atoms in total. The maximum absolute atomic E-state index is 13.1. The Morgan fingerprint density at radius 1 is 1.11 bits per heavy atom. The minimum Gasteiger partial charge on any atom is -0.497 e. The van der Waals surface area contributed by atoms with Crippen molar-refractivity contribution in [3.63, 3.8) is 0 Å². The van der Waals surface area contributed by atoms with Crippen LogP contribution in [0.25, 0.3) is 0 Å². The van der Waals surface area contributed by atoms with E-state index in [0.717, 1.165) is 0 Å². The maximum atomic E-state index is 13.1. The summed E-state index contributed by atoms with van der Waals surface area (Å²) in [7, 11) is 4.91. The van der Waals surface area contributed by atoms with Gasteiger partial charge in [-0.1, -0.05) is 12.1 Å². The van der Waals surface area contributed by atoms with E-state index < -0.39 is 12.2 Å². The van der Waals surface area contributed by atoms with E-state index in [0.29, 0.717) is 22.9 Å². The van der Waals surface area contributed by atoms with Gasteiger partial charge in [-0.3, -0.25) is 9.59 Å². The van der Waals surface area contributed by atoms with Gasteiger partial charge in [0.15, 0.2) is 12.2 Å². The van der Waals surface area contributed by atoms with Crippen molar-refractivity contribution in [2.45, 2.75) is 19.1 Å². The molecule has 0 saturated carbocycles. The minimum absolute atomic E-state index is 0.128. The van der Waals surface area contributed by atoms with E-state index >= 15 is 0 Å². The molecule has 0 fully saturated rings. The van der Waals surface area contributed by atoms with Crippen LogP contribution in [0.5, 0.6) is 17.2 Å². The zero-order valence-electron chi connectivity index (χ0n) is 16.4. The molecular formula is C21H24N2O5. The van der Waals surface area contributed by atoms with Gasteiger partial charge in [-0.2, -0.15) is 0 Å². The molecular weight excluding hydrogens is 360 g/mol. The van der Waals surface area contributed by atoms with E-state index in [9.17, 15) is 9.59 Å². The van der Waals surface area contributed by atoms with Crippen LogP contribution in [0.4, 0.5) is 5.69 Å². The van der Waals surface area contributed by atoms with Crippen LogP contribution in [0.1, 0.15) is 6.92 Å². The Morgan fingerprint density at radius 3 is 2.39 bits per heavy atom. The average Bonchev–Trinajstić information content (AvgIpc) is 2.72. The van der Waals surface area contributed by atoms with Crippen LogP contribution in [0.15, 0.2) is 48.5 Å². The molecule has 1 aliphatic rings. The van der Waals surface area contributed by atoms with Crippen molar-refractivity contribution in [3.05, 3.63) is 48.5 Å². The third kappa shape index (κ3) is 4.03. The predicted octanol–water partition coefficient (Wildman–Crippen LogP) is 2.34. The van der Waals surface area contributed by atoms with Gasteiger partial charge in [-0.05, 0) is 43.3 Å². The number of nitrogens with zero attached hydrogens (tertiary/aromatic N) is 2. The number of para-hydroxylation sites is 2. The van der Waals surface area contributed by atoms with Gasteiger partial charge in [0.25, 0.3) is 11.8 Å². The molecule has 3 rings (SSSR count). The first kappa shape index (κ1) is 19.5. The molecule has 1 heterocycles. The number of carbonyl (C=O) groups excluding carboxylic acids is 2. The molecule has 28 heavy (non-hydrogen) atoms. The van der Waals surface area contributed by atoms with Crippen LogP contribution in [0.3, 0.4) is 0 Å². The van der Waals surface area contributed by atoms with E-state index in [1.165, 1.54) is 4.90 Å². The maximum Gasteiger partial charge on any atom is 0.268 e. The Hall–Kier alpha value is -3.22. The summed E-state index contributed by atoms with van der Waals surface area (Å²) >= 11 is 0. The number of methoxy groups -OCH3 is 1. The minimum atomic E-state index is -0.762. The molecule has 2 aromatic rings. The highest BCUT2D eigenvalue weighted by Crippen LogP contribution is 2.34. The molecule has 0 N–H and O–H groups in total. The number of anilines is 1. The molecule has 0 spiro atoms. The summed E-state index contributed by atoms with van der Waals surface area (Å²) in [6.07, 6.45) is -1.50. The van der Waals surface area contributed by atoms with Gasteiger partial charge in [0.2, 0.25) is 0 Å². The van der Waals surface area contributed by atoms with Gasteiger partial charge in [-0.15, -0.1) is 0 Å². The second kappa shape index (κ2) is 8.21. The normalized spacial score (nSPS) is 16.4. The monoisotopic (exact) mass is 384 g/mol. The van der Waals surface area contributed by atoms with Gasteiger partial charge >= 0.3 is 0 Å². The highest BCUT2D eigenvalue weighted by Gasteiger charge is 2.36. The Labute approximate surface area is 164 Å². The number of carbonyl (C=O) groups is 2. The number of fused-ring (bicyclic) bond motifs is 1. The van der Waals surface area contributed by atoms with Crippen molar-refractivity contribution in [1.29, 1.82) is 0 Å². The fourth-order valence-electron chi connectivity index (χ4n) is 2.99. The van der Waals surface area contributed by atoms with Crippen molar-refractivity contribution < 1.29 is 23.8 Å². The Balaban J connectivity index is 1.80. The van der Waals surface area contributed by atoms with Crippen molar-refractivity contribution in [1.82, 2.24) is 4.90 Å². The van der Waals surface area contributed by atoms with E-state index in [4.69, 9.17) is 14.2 Å². The number of ether oxygens (including phenoxy) is 3. The predicted molar refractivity (Wildman–Crippen MR) is 105 cm³/mol. The quantitative estimate of drug-likeness (QED) is 0.792. The summed E-state index contributed by atoms with van der Waals surface area (Å²) in [6, 6.07) is 14.2. The smallest absolute Gasteiger partial charge is 0.268 e. The Morgan fingerprint density at radius 2 is 1.75 bits per heavy atom. The number of amides is 2. The highest BCUT2D eigenvalue weighted by atomic mass is 16.5. The molecule has 2 atom stereocenters. The van der Waals surface area contributed by atoms with Gasteiger partial charge in [-0.25, -0.2) is 0 Å². The average molecular weight is 384 g/mol. The molecule has 0 unspecified atom stereocenters. The first-order chi connectivity index (χ1) is 13.4. The Kier molecular flexibility index (Phi) is 5.73. The molecule has 148 valence electrons. The summed E-state index contributed by atoms with van der Waals surface area (Å²) < 4.78 is 16.8. The number of rotatable bonds is 5. The van der Waals surface area contributed by atoms with Crippen LogP contribution in [0, 0.1) is 0 Å².